The van der Waals surface area contributed by atoms with Crippen molar-refractivity contribution in [3.05, 3.63) is 11.1 Å². The third-order valence-corrected chi connectivity index (χ3v) is 1.67. The Kier molecular flexibility index (Phi) is 4.99. The van der Waals surface area contributed by atoms with Crippen molar-refractivity contribution in [2.45, 2.75) is 0 Å². The highest BCUT2D eigenvalue weighted by atomic mass is 16.2. The van der Waals surface area contributed by atoms with Crippen LogP contribution in [0.3, 0.4) is 0 Å². The Morgan fingerprint density at radius 2 is 0.938 bits per heavy atom. The van der Waals surface area contributed by atoms with Crippen LogP contribution in [-0.2, 0) is 19.2 Å². The predicted octanol–water partition coefficient (Wildman–Crippen LogP) is -3.69. The van der Waals surface area contributed by atoms with Crippen LogP contribution < -0.4 is 22.9 Å². The first-order valence-corrected chi connectivity index (χ1v) is 4.17. The number of amides is 2. The van der Waals surface area contributed by atoms with Crippen LogP contribution >= 0.6 is 0 Å². The van der Waals surface area contributed by atoms with Crippen molar-refractivity contribution in [1.29, 1.82) is 0 Å². The first-order chi connectivity index (χ1) is 7.36. The summed E-state index contributed by atoms with van der Waals surface area (Å²) in [5, 5.41) is 0. The quantitative estimate of drug-likeness (QED) is 0.207. The molecule has 16 heavy (non-hydrogen) atoms. The second-order valence-corrected chi connectivity index (χ2v) is 2.73. The standard InChI is InChI=1S/C8H12N4O4/c9-1-3(13)5(7(11)15)6(8(12)16)4(14)2-10/h1-2,9-10H2,(H2,11,15)(H2,12,16). The molecule has 0 aromatic heterocycles. The lowest BCUT2D eigenvalue weighted by Crippen LogP contribution is -2.35. The second kappa shape index (κ2) is 5.73. The normalized spacial score (nSPS) is 11.6. The van der Waals surface area contributed by atoms with Crippen molar-refractivity contribution in [2.75, 3.05) is 13.1 Å². The van der Waals surface area contributed by atoms with Crippen molar-refractivity contribution < 1.29 is 19.2 Å². The van der Waals surface area contributed by atoms with Gasteiger partial charge < -0.3 is 22.9 Å². The van der Waals surface area contributed by atoms with E-state index in [1.54, 1.807) is 0 Å². The van der Waals surface area contributed by atoms with Crippen molar-refractivity contribution in [1.82, 2.24) is 0 Å². The van der Waals surface area contributed by atoms with Gasteiger partial charge in [-0.3, -0.25) is 19.2 Å². The van der Waals surface area contributed by atoms with E-state index in [-0.39, 0.29) is 0 Å². The smallest absolute Gasteiger partial charge is 0.253 e. The first-order valence-electron chi connectivity index (χ1n) is 4.17. The average molecular weight is 228 g/mol. The van der Waals surface area contributed by atoms with E-state index in [1.807, 2.05) is 0 Å². The molecule has 2 amide bonds. The number of rotatable bonds is 6. The summed E-state index contributed by atoms with van der Waals surface area (Å²) < 4.78 is 0. The Balaban J connectivity index is 5.83. The van der Waals surface area contributed by atoms with Gasteiger partial charge in [0, 0.05) is 0 Å². The minimum Gasteiger partial charge on any atom is -0.365 e. The maximum Gasteiger partial charge on any atom is 0.253 e. The number of Topliss-reactive ketones (excluding diaryl/α,β-unsaturated/α-hetero) is 2. The fourth-order valence-electron chi connectivity index (χ4n) is 1.00. The van der Waals surface area contributed by atoms with Gasteiger partial charge in [-0.05, 0) is 0 Å². The van der Waals surface area contributed by atoms with E-state index in [0.29, 0.717) is 0 Å². The summed E-state index contributed by atoms with van der Waals surface area (Å²) in [6.45, 7) is -1.15. The topological polar surface area (TPSA) is 172 Å². The van der Waals surface area contributed by atoms with Crippen LogP contribution in [0.25, 0.3) is 0 Å². The maximum absolute atomic E-state index is 11.2. The average Bonchev–Trinajstić information content (AvgIpc) is 2.22. The number of carbonyl (C=O) groups excluding carboxylic acids is 4. The van der Waals surface area contributed by atoms with Crippen LogP contribution in [0.4, 0.5) is 0 Å². The molecule has 0 aliphatic carbocycles. The zero-order valence-electron chi connectivity index (χ0n) is 8.36. The van der Waals surface area contributed by atoms with Crippen LogP contribution in [0.15, 0.2) is 11.1 Å². The monoisotopic (exact) mass is 228 g/mol. The number of hydrogen-bond acceptors (Lipinski definition) is 6. The van der Waals surface area contributed by atoms with E-state index in [0.717, 1.165) is 0 Å². The van der Waals surface area contributed by atoms with Gasteiger partial charge in [0.25, 0.3) is 11.8 Å². The zero-order valence-corrected chi connectivity index (χ0v) is 8.36. The largest absolute Gasteiger partial charge is 0.365 e. The second-order valence-electron chi connectivity index (χ2n) is 2.73. The lowest BCUT2D eigenvalue weighted by molar-refractivity contribution is -0.125. The molecule has 0 saturated heterocycles. The summed E-state index contributed by atoms with van der Waals surface area (Å²) in [5.41, 5.74) is 18.1. The molecule has 0 unspecified atom stereocenters. The SMILES string of the molecule is NCC(=O)C(C(N)=O)=C(C(N)=O)C(=O)CN. The van der Waals surface area contributed by atoms with E-state index < -0.39 is 47.6 Å². The number of primary amides is 2. The van der Waals surface area contributed by atoms with Crippen LogP contribution in [0, 0.1) is 0 Å². The van der Waals surface area contributed by atoms with E-state index in [4.69, 9.17) is 22.9 Å². The predicted molar refractivity (Wildman–Crippen MR) is 53.5 cm³/mol. The lowest BCUT2D eigenvalue weighted by Gasteiger charge is -2.06. The molecule has 0 aromatic carbocycles. The molecule has 0 aliphatic heterocycles. The summed E-state index contributed by atoms with van der Waals surface area (Å²) in [5.74, 6) is -4.37. The van der Waals surface area contributed by atoms with Crippen molar-refractivity contribution in [3.8, 4) is 0 Å². The van der Waals surface area contributed by atoms with Crippen LogP contribution in [0.1, 0.15) is 0 Å². The van der Waals surface area contributed by atoms with Gasteiger partial charge in [-0.25, -0.2) is 0 Å². The number of hydrogen-bond donors (Lipinski definition) is 4. The summed E-state index contributed by atoms with van der Waals surface area (Å²) >= 11 is 0. The summed E-state index contributed by atoms with van der Waals surface area (Å²) in [6, 6.07) is 0. The number of ketones is 2. The van der Waals surface area contributed by atoms with Gasteiger partial charge in [0.2, 0.25) is 0 Å². The van der Waals surface area contributed by atoms with Gasteiger partial charge in [-0.1, -0.05) is 0 Å². The minimum absolute atomic E-state index is 0.576. The first kappa shape index (κ1) is 13.9. The highest BCUT2D eigenvalue weighted by molar-refractivity contribution is 6.32. The molecular formula is C8H12N4O4. The van der Waals surface area contributed by atoms with Gasteiger partial charge in [0.15, 0.2) is 11.6 Å². The fraction of sp³-hybridized carbons (Fsp3) is 0.250. The molecule has 0 aliphatic rings. The molecule has 0 bridgehead atoms. The van der Waals surface area contributed by atoms with Crippen LogP contribution in [-0.4, -0.2) is 36.5 Å². The van der Waals surface area contributed by atoms with E-state index in [1.165, 1.54) is 0 Å². The summed E-state index contributed by atoms with van der Waals surface area (Å²) in [7, 11) is 0. The molecule has 0 heterocycles. The minimum atomic E-state index is -1.24. The Labute approximate surface area is 90.6 Å². The molecule has 0 aromatic rings. The third kappa shape index (κ3) is 2.97. The highest BCUT2D eigenvalue weighted by Gasteiger charge is 2.27. The molecule has 8 nitrogen and oxygen atoms in total. The van der Waals surface area contributed by atoms with E-state index in [2.05, 4.69) is 0 Å². The summed E-state index contributed by atoms with van der Waals surface area (Å²) in [6.07, 6.45) is 0. The molecule has 0 radical (unpaired) electrons. The van der Waals surface area contributed by atoms with Crippen molar-refractivity contribution in [2.24, 2.45) is 22.9 Å². The van der Waals surface area contributed by atoms with Gasteiger partial charge in [0.1, 0.15) is 0 Å². The molecular weight excluding hydrogens is 216 g/mol. The third-order valence-electron chi connectivity index (χ3n) is 1.67. The summed E-state index contributed by atoms with van der Waals surface area (Å²) in [4.78, 5) is 44.4. The molecule has 0 atom stereocenters. The van der Waals surface area contributed by atoms with Gasteiger partial charge in [0.05, 0.1) is 24.2 Å². The molecule has 8 heteroatoms. The maximum atomic E-state index is 11.2. The molecule has 0 fully saturated rings. The Morgan fingerprint density at radius 3 is 1.06 bits per heavy atom. The Hall–Kier alpha value is -2.06. The van der Waals surface area contributed by atoms with Gasteiger partial charge >= 0.3 is 0 Å². The molecule has 8 N–H and O–H groups in total. The van der Waals surface area contributed by atoms with Gasteiger partial charge in [-0.2, -0.15) is 0 Å². The molecule has 0 saturated carbocycles. The molecule has 0 spiro atoms. The van der Waals surface area contributed by atoms with Crippen molar-refractivity contribution >= 4 is 23.4 Å². The fourth-order valence-corrected chi connectivity index (χ4v) is 1.00. The molecule has 88 valence electrons. The van der Waals surface area contributed by atoms with E-state index in [9.17, 15) is 19.2 Å². The van der Waals surface area contributed by atoms with Gasteiger partial charge in [-0.15, -0.1) is 0 Å². The highest BCUT2D eigenvalue weighted by Crippen LogP contribution is 2.06. The van der Waals surface area contributed by atoms with E-state index >= 15 is 0 Å². The Bertz CT molecular complexity index is 349. The molecule has 0 rings (SSSR count). The zero-order chi connectivity index (χ0) is 12.9. The van der Waals surface area contributed by atoms with Crippen molar-refractivity contribution in [3.63, 3.8) is 0 Å². The lowest BCUT2D eigenvalue weighted by atomic mass is 9.99. The van der Waals surface area contributed by atoms with Crippen LogP contribution in [0.5, 0.6) is 0 Å². The Morgan fingerprint density at radius 1 is 0.688 bits per heavy atom. The number of nitrogens with two attached hydrogens (primary N) is 4. The van der Waals surface area contributed by atoms with Crippen LogP contribution in [0.2, 0.25) is 0 Å². The number of carbonyl (C=O) groups is 4.